The lowest BCUT2D eigenvalue weighted by Gasteiger charge is -2.32. The van der Waals surface area contributed by atoms with Crippen LogP contribution >= 0.6 is 0 Å². The first-order valence-electron chi connectivity index (χ1n) is 7.03. The average molecular weight is 291 g/mol. The van der Waals surface area contributed by atoms with Gasteiger partial charge in [0.2, 0.25) is 12.3 Å². The van der Waals surface area contributed by atoms with Gasteiger partial charge in [-0.05, 0) is 24.1 Å². The zero-order chi connectivity index (χ0) is 15.2. The molecule has 2 rings (SSSR count). The van der Waals surface area contributed by atoms with Crippen molar-refractivity contribution in [3.63, 3.8) is 0 Å². The monoisotopic (exact) mass is 291 g/mol. The summed E-state index contributed by atoms with van der Waals surface area (Å²) in [4.78, 5) is 26.3. The van der Waals surface area contributed by atoms with E-state index in [1.54, 1.807) is 12.0 Å². The molecule has 6 heteroatoms. The fourth-order valence-corrected chi connectivity index (χ4v) is 2.43. The van der Waals surface area contributed by atoms with Gasteiger partial charge in [-0.15, -0.1) is 0 Å². The molecule has 2 amide bonds. The molecule has 1 heterocycles. The van der Waals surface area contributed by atoms with Crippen LogP contribution in [0.15, 0.2) is 18.2 Å². The zero-order valence-corrected chi connectivity index (χ0v) is 12.2. The van der Waals surface area contributed by atoms with Crippen LogP contribution in [-0.4, -0.2) is 55.4 Å². The Bertz CT molecular complexity index is 511. The van der Waals surface area contributed by atoms with E-state index in [0.29, 0.717) is 50.5 Å². The lowest BCUT2D eigenvalue weighted by molar-refractivity contribution is -0.135. The number of aryl methyl sites for hydroxylation is 1. The number of carbonyl (C=O) groups excluding carboxylic acids is 2. The molecule has 1 aromatic rings. The molecule has 2 N–H and O–H groups in total. The quantitative estimate of drug-likeness (QED) is 0.633. The second-order valence-electron chi connectivity index (χ2n) is 5.10. The van der Waals surface area contributed by atoms with Crippen molar-refractivity contribution in [3.05, 3.63) is 23.8 Å². The smallest absolute Gasteiger partial charge is 0.223 e. The van der Waals surface area contributed by atoms with Crippen molar-refractivity contribution in [2.24, 2.45) is 0 Å². The Balaban J connectivity index is 1.84. The summed E-state index contributed by atoms with van der Waals surface area (Å²) in [6, 6.07) is 5.58. The maximum atomic E-state index is 12.1. The Morgan fingerprint density at radius 3 is 2.62 bits per heavy atom. The molecular formula is C15H21N3O3. The standard InChI is InChI=1S/C15H21N3O3/c1-21-14-4-2-12(10-13(14)16)3-5-15(20)18-8-6-17(11-19)7-9-18/h2,4,10-11H,3,5-9,16H2,1H3. The van der Waals surface area contributed by atoms with Crippen molar-refractivity contribution in [2.75, 3.05) is 39.0 Å². The van der Waals surface area contributed by atoms with Crippen molar-refractivity contribution in [1.29, 1.82) is 0 Å². The number of hydrogen-bond donors (Lipinski definition) is 1. The third-order valence-electron chi connectivity index (χ3n) is 3.74. The van der Waals surface area contributed by atoms with E-state index in [9.17, 15) is 9.59 Å². The summed E-state index contributed by atoms with van der Waals surface area (Å²) in [5.74, 6) is 0.769. The number of amides is 2. The second-order valence-corrected chi connectivity index (χ2v) is 5.10. The Hall–Kier alpha value is -2.24. The second kappa shape index (κ2) is 6.97. The van der Waals surface area contributed by atoms with E-state index >= 15 is 0 Å². The van der Waals surface area contributed by atoms with Crippen LogP contribution in [0.25, 0.3) is 0 Å². The van der Waals surface area contributed by atoms with E-state index in [0.717, 1.165) is 12.0 Å². The van der Waals surface area contributed by atoms with Crippen LogP contribution in [0.4, 0.5) is 5.69 Å². The minimum absolute atomic E-state index is 0.120. The van der Waals surface area contributed by atoms with Crippen molar-refractivity contribution < 1.29 is 14.3 Å². The molecule has 1 saturated heterocycles. The van der Waals surface area contributed by atoms with Gasteiger partial charge in [0.25, 0.3) is 0 Å². The highest BCUT2D eigenvalue weighted by Crippen LogP contribution is 2.22. The predicted molar refractivity (Wildman–Crippen MR) is 79.9 cm³/mol. The number of methoxy groups -OCH3 is 1. The molecule has 0 saturated carbocycles. The molecule has 6 nitrogen and oxygen atoms in total. The maximum absolute atomic E-state index is 12.1. The molecule has 1 aliphatic heterocycles. The largest absolute Gasteiger partial charge is 0.495 e. The molecule has 0 aliphatic carbocycles. The number of rotatable bonds is 5. The molecule has 0 atom stereocenters. The van der Waals surface area contributed by atoms with Gasteiger partial charge in [-0.2, -0.15) is 0 Å². The average Bonchev–Trinajstić information content (AvgIpc) is 2.52. The van der Waals surface area contributed by atoms with E-state index in [1.165, 1.54) is 0 Å². The van der Waals surface area contributed by atoms with E-state index in [2.05, 4.69) is 0 Å². The maximum Gasteiger partial charge on any atom is 0.223 e. The minimum Gasteiger partial charge on any atom is -0.495 e. The van der Waals surface area contributed by atoms with Crippen molar-refractivity contribution >= 4 is 18.0 Å². The third kappa shape index (κ3) is 3.87. The van der Waals surface area contributed by atoms with Gasteiger partial charge in [0.05, 0.1) is 12.8 Å². The Morgan fingerprint density at radius 2 is 2.05 bits per heavy atom. The first-order chi connectivity index (χ1) is 10.1. The molecule has 21 heavy (non-hydrogen) atoms. The highest BCUT2D eigenvalue weighted by molar-refractivity contribution is 5.76. The number of nitrogen functional groups attached to an aromatic ring is 1. The van der Waals surface area contributed by atoms with Gasteiger partial charge in [0.15, 0.2) is 0 Å². The van der Waals surface area contributed by atoms with E-state index in [-0.39, 0.29) is 5.91 Å². The normalized spacial score (nSPS) is 14.9. The molecule has 114 valence electrons. The molecule has 1 aromatic carbocycles. The highest BCUT2D eigenvalue weighted by Gasteiger charge is 2.19. The molecule has 0 bridgehead atoms. The molecule has 0 radical (unpaired) electrons. The Morgan fingerprint density at radius 1 is 1.33 bits per heavy atom. The van der Waals surface area contributed by atoms with E-state index in [4.69, 9.17) is 10.5 Å². The van der Waals surface area contributed by atoms with E-state index < -0.39 is 0 Å². The van der Waals surface area contributed by atoms with Crippen LogP contribution in [0.5, 0.6) is 5.75 Å². The highest BCUT2D eigenvalue weighted by atomic mass is 16.5. The fraction of sp³-hybridized carbons (Fsp3) is 0.467. The predicted octanol–water partition coefficient (Wildman–Crippen LogP) is 0.511. The molecule has 0 spiro atoms. The molecular weight excluding hydrogens is 270 g/mol. The number of nitrogens with zero attached hydrogens (tertiary/aromatic N) is 2. The van der Waals surface area contributed by atoms with Crippen LogP contribution in [-0.2, 0) is 16.0 Å². The third-order valence-corrected chi connectivity index (χ3v) is 3.74. The van der Waals surface area contributed by atoms with Crippen molar-refractivity contribution in [2.45, 2.75) is 12.8 Å². The molecule has 1 aliphatic rings. The van der Waals surface area contributed by atoms with Gasteiger partial charge in [0, 0.05) is 32.6 Å². The SMILES string of the molecule is COc1ccc(CCC(=O)N2CCN(C=O)CC2)cc1N. The lowest BCUT2D eigenvalue weighted by atomic mass is 10.1. The number of nitrogens with two attached hydrogens (primary N) is 1. The van der Waals surface area contributed by atoms with Gasteiger partial charge in [-0.3, -0.25) is 9.59 Å². The lowest BCUT2D eigenvalue weighted by Crippen LogP contribution is -2.48. The topological polar surface area (TPSA) is 75.9 Å². The number of anilines is 1. The van der Waals surface area contributed by atoms with Crippen LogP contribution < -0.4 is 10.5 Å². The summed E-state index contributed by atoms with van der Waals surface area (Å²) >= 11 is 0. The van der Waals surface area contributed by atoms with Gasteiger partial charge >= 0.3 is 0 Å². The summed E-state index contributed by atoms with van der Waals surface area (Å²) in [6.45, 7) is 2.46. The molecule has 0 unspecified atom stereocenters. The number of benzene rings is 1. The molecule has 0 aromatic heterocycles. The minimum atomic E-state index is 0.120. The summed E-state index contributed by atoms with van der Waals surface area (Å²) in [7, 11) is 1.58. The summed E-state index contributed by atoms with van der Waals surface area (Å²) in [5.41, 5.74) is 7.46. The van der Waals surface area contributed by atoms with Crippen LogP contribution in [0.2, 0.25) is 0 Å². The first kappa shape index (κ1) is 15.2. The first-order valence-corrected chi connectivity index (χ1v) is 7.03. The van der Waals surface area contributed by atoms with Crippen molar-refractivity contribution in [3.8, 4) is 5.75 Å². The van der Waals surface area contributed by atoms with Crippen LogP contribution in [0.3, 0.4) is 0 Å². The number of carbonyl (C=O) groups is 2. The number of hydrogen-bond acceptors (Lipinski definition) is 4. The van der Waals surface area contributed by atoms with Crippen LogP contribution in [0.1, 0.15) is 12.0 Å². The fourth-order valence-electron chi connectivity index (χ4n) is 2.43. The van der Waals surface area contributed by atoms with Gasteiger partial charge < -0.3 is 20.3 Å². The van der Waals surface area contributed by atoms with E-state index in [1.807, 2.05) is 23.1 Å². The molecule has 1 fully saturated rings. The zero-order valence-electron chi connectivity index (χ0n) is 12.2. The summed E-state index contributed by atoms with van der Waals surface area (Å²) < 4.78 is 5.11. The van der Waals surface area contributed by atoms with Gasteiger partial charge in [-0.25, -0.2) is 0 Å². The van der Waals surface area contributed by atoms with Crippen LogP contribution in [0, 0.1) is 0 Å². The van der Waals surface area contributed by atoms with Gasteiger partial charge in [0.1, 0.15) is 5.75 Å². The summed E-state index contributed by atoms with van der Waals surface area (Å²) in [5, 5.41) is 0. The van der Waals surface area contributed by atoms with Crippen molar-refractivity contribution in [1.82, 2.24) is 9.80 Å². The Kier molecular flexibility index (Phi) is 5.03. The summed E-state index contributed by atoms with van der Waals surface area (Å²) in [6.07, 6.45) is 1.94. The number of ether oxygens (including phenoxy) is 1. The Labute approximate surface area is 124 Å². The number of piperazine rings is 1. The van der Waals surface area contributed by atoms with Gasteiger partial charge in [-0.1, -0.05) is 6.07 Å².